The van der Waals surface area contributed by atoms with E-state index in [2.05, 4.69) is 19.9 Å². The Kier molecular flexibility index (Phi) is 4.97. The van der Waals surface area contributed by atoms with Crippen LogP contribution >= 0.6 is 11.6 Å². The Morgan fingerprint density at radius 3 is 2.55 bits per heavy atom. The highest BCUT2D eigenvalue weighted by Gasteiger charge is 2.10. The van der Waals surface area contributed by atoms with Crippen LogP contribution in [0.1, 0.15) is 35.3 Å². The standard InChI is InChI=1S/C18H19ClO/c1-13(2)10-14-6-5-8-16(11-14)18(20)12-15-7-3-4-9-17(15)19/h3-9,11,13H,10,12H2,1-2H3. The van der Waals surface area contributed by atoms with E-state index in [4.69, 9.17) is 11.6 Å². The quantitative estimate of drug-likeness (QED) is 0.710. The first kappa shape index (κ1) is 14.8. The van der Waals surface area contributed by atoms with E-state index in [1.807, 2.05) is 42.5 Å². The maximum absolute atomic E-state index is 12.3. The van der Waals surface area contributed by atoms with E-state index in [1.165, 1.54) is 5.56 Å². The Morgan fingerprint density at radius 1 is 1.10 bits per heavy atom. The number of rotatable bonds is 5. The molecule has 0 fully saturated rings. The fourth-order valence-electron chi connectivity index (χ4n) is 2.26. The van der Waals surface area contributed by atoms with Gasteiger partial charge in [-0.2, -0.15) is 0 Å². The molecule has 0 aliphatic carbocycles. The summed E-state index contributed by atoms with van der Waals surface area (Å²) < 4.78 is 0. The molecule has 20 heavy (non-hydrogen) atoms. The van der Waals surface area contributed by atoms with Crippen molar-refractivity contribution in [2.24, 2.45) is 5.92 Å². The van der Waals surface area contributed by atoms with Crippen molar-refractivity contribution in [1.29, 1.82) is 0 Å². The number of hydrogen-bond donors (Lipinski definition) is 0. The molecule has 0 atom stereocenters. The van der Waals surface area contributed by atoms with Crippen LogP contribution in [0.5, 0.6) is 0 Å². The second-order valence-corrected chi connectivity index (χ2v) is 5.90. The number of Topliss-reactive ketones (excluding diaryl/α,β-unsaturated/α-hetero) is 1. The second-order valence-electron chi connectivity index (χ2n) is 5.49. The van der Waals surface area contributed by atoms with Crippen molar-refractivity contribution >= 4 is 17.4 Å². The Balaban J connectivity index is 2.15. The monoisotopic (exact) mass is 286 g/mol. The molecule has 2 aromatic rings. The molecule has 0 aliphatic heterocycles. The summed E-state index contributed by atoms with van der Waals surface area (Å²) in [6.45, 7) is 4.36. The maximum atomic E-state index is 12.3. The van der Waals surface area contributed by atoms with E-state index < -0.39 is 0 Å². The lowest BCUT2D eigenvalue weighted by molar-refractivity contribution is 0.0993. The zero-order valence-electron chi connectivity index (χ0n) is 11.9. The molecule has 0 bridgehead atoms. The van der Waals surface area contributed by atoms with Gasteiger partial charge in [0.1, 0.15) is 0 Å². The summed E-state index contributed by atoms with van der Waals surface area (Å²) >= 11 is 6.10. The van der Waals surface area contributed by atoms with Crippen LogP contribution in [0.2, 0.25) is 5.02 Å². The number of ketones is 1. The van der Waals surface area contributed by atoms with E-state index >= 15 is 0 Å². The molecular formula is C18H19ClO. The second kappa shape index (κ2) is 6.71. The van der Waals surface area contributed by atoms with Gasteiger partial charge in [0.2, 0.25) is 0 Å². The van der Waals surface area contributed by atoms with Gasteiger partial charge >= 0.3 is 0 Å². The number of hydrogen-bond acceptors (Lipinski definition) is 1. The molecular weight excluding hydrogens is 268 g/mol. The van der Waals surface area contributed by atoms with Crippen LogP contribution in [0.25, 0.3) is 0 Å². The minimum absolute atomic E-state index is 0.115. The van der Waals surface area contributed by atoms with Crippen LogP contribution in [0.15, 0.2) is 48.5 Å². The first-order chi connectivity index (χ1) is 9.56. The molecule has 0 aromatic heterocycles. The number of carbonyl (C=O) groups excluding carboxylic acids is 1. The fourth-order valence-corrected chi connectivity index (χ4v) is 2.46. The van der Waals surface area contributed by atoms with E-state index in [1.54, 1.807) is 0 Å². The third-order valence-electron chi connectivity index (χ3n) is 3.20. The summed E-state index contributed by atoms with van der Waals surface area (Å²) in [4.78, 5) is 12.3. The SMILES string of the molecule is CC(C)Cc1cccc(C(=O)Cc2ccccc2Cl)c1. The average Bonchev–Trinajstić information content (AvgIpc) is 2.41. The lowest BCUT2D eigenvalue weighted by Crippen LogP contribution is -2.05. The van der Waals surface area contributed by atoms with Crippen LogP contribution in [0.4, 0.5) is 0 Å². The number of benzene rings is 2. The Hall–Kier alpha value is -1.60. The minimum atomic E-state index is 0.115. The lowest BCUT2D eigenvalue weighted by atomic mass is 9.97. The maximum Gasteiger partial charge on any atom is 0.167 e. The number of carbonyl (C=O) groups is 1. The molecule has 0 saturated heterocycles. The molecule has 0 aliphatic rings. The first-order valence-electron chi connectivity index (χ1n) is 6.92. The Bertz CT molecular complexity index is 602. The molecule has 1 nitrogen and oxygen atoms in total. The molecule has 0 N–H and O–H groups in total. The van der Waals surface area contributed by atoms with Crippen LogP contribution in [0.3, 0.4) is 0 Å². The van der Waals surface area contributed by atoms with Gasteiger partial charge in [0, 0.05) is 17.0 Å². The van der Waals surface area contributed by atoms with Crippen molar-refractivity contribution in [1.82, 2.24) is 0 Å². The van der Waals surface area contributed by atoms with E-state index in [-0.39, 0.29) is 5.78 Å². The van der Waals surface area contributed by atoms with Crippen molar-refractivity contribution < 1.29 is 4.79 Å². The molecule has 2 aromatic carbocycles. The van der Waals surface area contributed by atoms with Crippen LogP contribution in [-0.2, 0) is 12.8 Å². The Morgan fingerprint density at radius 2 is 1.85 bits per heavy atom. The van der Waals surface area contributed by atoms with Crippen LogP contribution < -0.4 is 0 Å². The van der Waals surface area contributed by atoms with Crippen molar-refractivity contribution in [3.8, 4) is 0 Å². The zero-order chi connectivity index (χ0) is 14.5. The average molecular weight is 287 g/mol. The summed E-state index contributed by atoms with van der Waals surface area (Å²) in [5.41, 5.74) is 2.86. The van der Waals surface area contributed by atoms with Gasteiger partial charge in [-0.25, -0.2) is 0 Å². The smallest absolute Gasteiger partial charge is 0.167 e. The van der Waals surface area contributed by atoms with Crippen molar-refractivity contribution in [2.75, 3.05) is 0 Å². The van der Waals surface area contributed by atoms with Gasteiger partial charge < -0.3 is 0 Å². The van der Waals surface area contributed by atoms with Gasteiger partial charge in [0.15, 0.2) is 5.78 Å². The summed E-state index contributed by atoms with van der Waals surface area (Å²) in [5, 5.41) is 0.652. The molecule has 0 heterocycles. The molecule has 2 heteroatoms. The highest BCUT2D eigenvalue weighted by atomic mass is 35.5. The highest BCUT2D eigenvalue weighted by Crippen LogP contribution is 2.18. The van der Waals surface area contributed by atoms with Gasteiger partial charge in [0.25, 0.3) is 0 Å². The van der Waals surface area contributed by atoms with Gasteiger partial charge in [0.05, 0.1) is 0 Å². The van der Waals surface area contributed by atoms with Crippen LogP contribution in [-0.4, -0.2) is 5.78 Å². The molecule has 0 radical (unpaired) electrons. The van der Waals surface area contributed by atoms with Gasteiger partial charge in [-0.1, -0.05) is 61.8 Å². The lowest BCUT2D eigenvalue weighted by Gasteiger charge is -2.08. The predicted molar refractivity (Wildman–Crippen MR) is 84.5 cm³/mol. The fraction of sp³-hybridized carbons (Fsp3) is 0.278. The normalized spacial score (nSPS) is 10.8. The van der Waals surface area contributed by atoms with Gasteiger partial charge in [-0.05, 0) is 35.6 Å². The van der Waals surface area contributed by atoms with E-state index in [0.717, 1.165) is 17.5 Å². The zero-order valence-corrected chi connectivity index (χ0v) is 12.7. The van der Waals surface area contributed by atoms with Crippen molar-refractivity contribution in [3.05, 3.63) is 70.2 Å². The summed E-state index contributed by atoms with van der Waals surface area (Å²) in [5.74, 6) is 0.702. The largest absolute Gasteiger partial charge is 0.294 e. The topological polar surface area (TPSA) is 17.1 Å². The highest BCUT2D eigenvalue weighted by molar-refractivity contribution is 6.31. The van der Waals surface area contributed by atoms with E-state index in [9.17, 15) is 4.79 Å². The van der Waals surface area contributed by atoms with Crippen molar-refractivity contribution in [2.45, 2.75) is 26.7 Å². The molecule has 0 amide bonds. The molecule has 0 saturated carbocycles. The predicted octanol–water partition coefficient (Wildman–Crippen LogP) is 4.96. The molecule has 0 spiro atoms. The first-order valence-corrected chi connectivity index (χ1v) is 7.29. The molecule has 104 valence electrons. The van der Waals surface area contributed by atoms with Crippen LogP contribution in [0, 0.1) is 5.92 Å². The summed E-state index contributed by atoms with van der Waals surface area (Å²) in [6, 6.07) is 15.4. The van der Waals surface area contributed by atoms with E-state index in [0.29, 0.717) is 17.4 Å². The number of halogens is 1. The third-order valence-corrected chi connectivity index (χ3v) is 3.57. The Labute approximate surface area is 125 Å². The van der Waals surface area contributed by atoms with Gasteiger partial charge in [-0.3, -0.25) is 4.79 Å². The molecule has 2 rings (SSSR count). The van der Waals surface area contributed by atoms with Gasteiger partial charge in [-0.15, -0.1) is 0 Å². The van der Waals surface area contributed by atoms with Crippen molar-refractivity contribution in [3.63, 3.8) is 0 Å². The minimum Gasteiger partial charge on any atom is -0.294 e. The summed E-state index contributed by atoms with van der Waals surface area (Å²) in [6.07, 6.45) is 1.35. The summed E-state index contributed by atoms with van der Waals surface area (Å²) in [7, 11) is 0. The third kappa shape index (κ3) is 3.94. The molecule has 0 unspecified atom stereocenters.